The average molecular weight is 463 g/mol. The maximum Gasteiger partial charge on any atom is 0.342 e. The molecule has 0 spiro atoms. The molecule has 1 aromatic heterocycles. The number of nitrogens with zero attached hydrogens (tertiary/aromatic N) is 2. The van der Waals surface area contributed by atoms with E-state index in [2.05, 4.69) is 10.2 Å². The van der Waals surface area contributed by atoms with Crippen molar-refractivity contribution in [3.8, 4) is 23.0 Å². The van der Waals surface area contributed by atoms with Gasteiger partial charge in [0.15, 0.2) is 6.61 Å². The lowest BCUT2D eigenvalue weighted by atomic mass is 10.2. The molecule has 0 amide bonds. The molecule has 0 bridgehead atoms. The number of aromatic nitrogens is 2. The fraction of sp³-hybridized carbons (Fsp3) is 0.100. The van der Waals surface area contributed by atoms with Gasteiger partial charge in [-0.3, -0.25) is 0 Å². The van der Waals surface area contributed by atoms with Gasteiger partial charge in [-0.2, -0.15) is 0 Å². The van der Waals surface area contributed by atoms with E-state index in [-0.39, 0.29) is 16.0 Å². The quantitative estimate of drug-likeness (QED) is 0.354. The number of thioether (sulfide) groups is 1. The van der Waals surface area contributed by atoms with E-state index < -0.39 is 18.5 Å². The Morgan fingerprint density at radius 1 is 1.19 bits per heavy atom. The number of carboxylic acids is 2. The monoisotopic (exact) mass is 462 g/mol. The molecule has 3 aromatic rings. The number of halogens is 1. The molecule has 0 aliphatic heterocycles. The molecule has 1 heterocycles. The number of ether oxygens (including phenoxy) is 2. The second-order valence-corrected chi connectivity index (χ2v) is 7.32. The lowest BCUT2D eigenvalue weighted by molar-refractivity contribution is -0.139. The Kier molecular flexibility index (Phi) is 7.16. The Morgan fingerprint density at radius 3 is 2.71 bits per heavy atom. The van der Waals surface area contributed by atoms with E-state index in [4.69, 9.17) is 30.6 Å². The number of carbonyl (C=O) groups is 2. The van der Waals surface area contributed by atoms with Crippen molar-refractivity contribution in [1.29, 1.82) is 0 Å². The van der Waals surface area contributed by atoms with Gasteiger partial charge in [0.05, 0.1) is 12.7 Å². The summed E-state index contributed by atoms with van der Waals surface area (Å²) in [5.41, 5.74) is 0.961. The first-order chi connectivity index (χ1) is 14.9. The summed E-state index contributed by atoms with van der Waals surface area (Å²) in [5, 5.41) is 26.5. The van der Waals surface area contributed by atoms with E-state index >= 15 is 0 Å². The van der Waals surface area contributed by atoms with Crippen LogP contribution >= 0.6 is 23.4 Å². The van der Waals surface area contributed by atoms with Crippen LogP contribution in [0.1, 0.15) is 5.56 Å². The molecule has 0 atom stereocenters. The fourth-order valence-corrected chi connectivity index (χ4v) is 3.27. The molecule has 0 saturated heterocycles. The Labute approximate surface area is 185 Å². The van der Waals surface area contributed by atoms with Crippen molar-refractivity contribution in [2.75, 3.05) is 13.7 Å². The van der Waals surface area contributed by atoms with Crippen LogP contribution in [0.4, 0.5) is 0 Å². The van der Waals surface area contributed by atoms with E-state index in [1.807, 2.05) is 0 Å². The number of methoxy groups -OCH3 is 1. The number of benzene rings is 2. The molecule has 0 aliphatic carbocycles. The van der Waals surface area contributed by atoms with Gasteiger partial charge in [0.25, 0.3) is 11.1 Å². The van der Waals surface area contributed by atoms with Gasteiger partial charge < -0.3 is 24.1 Å². The number of rotatable bonds is 9. The molecule has 3 rings (SSSR count). The van der Waals surface area contributed by atoms with Gasteiger partial charge in [-0.25, -0.2) is 9.59 Å². The van der Waals surface area contributed by atoms with Gasteiger partial charge >= 0.3 is 11.9 Å². The highest BCUT2D eigenvalue weighted by Crippen LogP contribution is 2.35. The second-order valence-electron chi connectivity index (χ2n) is 5.89. The van der Waals surface area contributed by atoms with Gasteiger partial charge in [0, 0.05) is 5.02 Å². The van der Waals surface area contributed by atoms with E-state index in [1.165, 1.54) is 19.3 Å². The first-order valence-electron chi connectivity index (χ1n) is 8.60. The molecule has 0 radical (unpaired) electrons. The van der Waals surface area contributed by atoms with Crippen molar-refractivity contribution >= 4 is 41.4 Å². The van der Waals surface area contributed by atoms with Gasteiger partial charge in [-0.15, -0.1) is 10.2 Å². The van der Waals surface area contributed by atoms with Crippen molar-refractivity contribution in [2.45, 2.75) is 5.22 Å². The molecule has 2 N–H and O–H groups in total. The molecular formula is C20H15ClN2O7S. The Hall–Kier alpha value is -3.50. The van der Waals surface area contributed by atoms with Gasteiger partial charge in [-0.1, -0.05) is 23.7 Å². The largest absolute Gasteiger partial charge is 0.496 e. The van der Waals surface area contributed by atoms with Gasteiger partial charge in [0.1, 0.15) is 16.4 Å². The number of hydrogen-bond acceptors (Lipinski definition) is 8. The minimum atomic E-state index is -1.21. The third-order valence-corrected chi connectivity index (χ3v) is 4.81. The normalized spacial score (nSPS) is 11.2. The highest BCUT2D eigenvalue weighted by Gasteiger charge is 2.18. The molecule has 9 nitrogen and oxygen atoms in total. The van der Waals surface area contributed by atoms with Crippen LogP contribution in [0.15, 0.2) is 57.0 Å². The zero-order valence-electron chi connectivity index (χ0n) is 15.9. The van der Waals surface area contributed by atoms with Crippen LogP contribution < -0.4 is 9.47 Å². The molecular weight excluding hydrogens is 448 g/mol. The maximum absolute atomic E-state index is 11.7. The molecule has 11 heteroatoms. The number of aliphatic carboxylic acids is 2. The summed E-state index contributed by atoms with van der Waals surface area (Å²) in [6, 6.07) is 11.2. The average Bonchev–Trinajstić information content (AvgIpc) is 3.20. The summed E-state index contributed by atoms with van der Waals surface area (Å²) in [4.78, 5) is 22.2. The number of carboxylic acid groups (broad SMARTS) is 2. The lowest BCUT2D eigenvalue weighted by Gasteiger charge is -2.05. The molecule has 0 saturated carbocycles. The van der Waals surface area contributed by atoms with Crippen LogP contribution in [0, 0.1) is 0 Å². The van der Waals surface area contributed by atoms with E-state index in [0.29, 0.717) is 27.6 Å². The smallest absolute Gasteiger partial charge is 0.342 e. The second kappa shape index (κ2) is 10.0. The molecule has 0 unspecified atom stereocenters. The Balaban J connectivity index is 1.84. The van der Waals surface area contributed by atoms with Crippen LogP contribution in [0.25, 0.3) is 17.5 Å². The topological polar surface area (TPSA) is 132 Å². The van der Waals surface area contributed by atoms with Crippen molar-refractivity contribution in [3.05, 3.63) is 58.0 Å². The van der Waals surface area contributed by atoms with Crippen molar-refractivity contribution in [2.24, 2.45) is 0 Å². The van der Waals surface area contributed by atoms with E-state index in [1.54, 1.807) is 36.4 Å². The van der Waals surface area contributed by atoms with Crippen LogP contribution in [0.3, 0.4) is 0 Å². The van der Waals surface area contributed by atoms with Gasteiger partial charge in [0.2, 0.25) is 0 Å². The zero-order valence-corrected chi connectivity index (χ0v) is 17.5. The SMILES string of the molecule is COc1ccc(Cl)cc1-c1nnc(S/C(=C\c2cccc(OCC(=O)O)c2)C(=O)O)o1. The minimum absolute atomic E-state index is 0.00367. The third kappa shape index (κ3) is 6.00. The maximum atomic E-state index is 11.7. The third-order valence-electron chi connectivity index (χ3n) is 3.72. The highest BCUT2D eigenvalue weighted by atomic mass is 35.5. The zero-order chi connectivity index (χ0) is 22.4. The summed E-state index contributed by atoms with van der Waals surface area (Å²) in [6.07, 6.45) is 1.38. The minimum Gasteiger partial charge on any atom is -0.496 e. The summed E-state index contributed by atoms with van der Waals surface area (Å²) in [6.45, 7) is -0.509. The predicted molar refractivity (Wildman–Crippen MR) is 112 cm³/mol. The highest BCUT2D eigenvalue weighted by molar-refractivity contribution is 8.03. The first kappa shape index (κ1) is 22.2. The summed E-state index contributed by atoms with van der Waals surface area (Å²) in [5.74, 6) is -1.44. The van der Waals surface area contributed by atoms with Crippen molar-refractivity contribution in [3.63, 3.8) is 0 Å². The summed E-state index contributed by atoms with van der Waals surface area (Å²) < 4.78 is 15.9. The van der Waals surface area contributed by atoms with Crippen LogP contribution in [-0.4, -0.2) is 46.1 Å². The molecule has 0 fully saturated rings. The summed E-state index contributed by atoms with van der Waals surface area (Å²) in [7, 11) is 1.48. The molecule has 0 aliphatic rings. The molecule has 31 heavy (non-hydrogen) atoms. The first-order valence-corrected chi connectivity index (χ1v) is 9.80. The fourth-order valence-electron chi connectivity index (χ4n) is 2.43. The van der Waals surface area contributed by atoms with Crippen LogP contribution in [-0.2, 0) is 9.59 Å². The Bertz CT molecular complexity index is 1150. The van der Waals surface area contributed by atoms with E-state index in [9.17, 15) is 14.7 Å². The standard InChI is InChI=1S/C20H15ClN2O7S/c1-28-15-6-5-12(21)9-14(15)18-22-23-20(30-18)31-16(19(26)27)8-11-3-2-4-13(7-11)29-10-17(24)25/h2-9H,10H2,1H3,(H,24,25)(H,26,27)/b16-8-. The Morgan fingerprint density at radius 2 is 2.00 bits per heavy atom. The predicted octanol–water partition coefficient (Wildman–Crippen LogP) is 4.08. The molecule has 160 valence electrons. The lowest BCUT2D eigenvalue weighted by Crippen LogP contribution is -2.09. The summed E-state index contributed by atoms with van der Waals surface area (Å²) >= 11 is 6.78. The molecule has 2 aromatic carbocycles. The van der Waals surface area contributed by atoms with Crippen molar-refractivity contribution in [1.82, 2.24) is 10.2 Å². The van der Waals surface area contributed by atoms with Crippen LogP contribution in [0.2, 0.25) is 5.02 Å². The van der Waals surface area contributed by atoms with Crippen LogP contribution in [0.5, 0.6) is 11.5 Å². The van der Waals surface area contributed by atoms with Gasteiger partial charge in [-0.05, 0) is 53.7 Å². The number of hydrogen-bond donors (Lipinski definition) is 2. The van der Waals surface area contributed by atoms with E-state index in [0.717, 1.165) is 11.8 Å². The van der Waals surface area contributed by atoms with Crippen molar-refractivity contribution < 1.29 is 33.7 Å².